The van der Waals surface area contributed by atoms with Gasteiger partial charge >= 0.3 is 0 Å². The van der Waals surface area contributed by atoms with Crippen LogP contribution in [-0.4, -0.2) is 17.5 Å². The summed E-state index contributed by atoms with van der Waals surface area (Å²) in [4.78, 5) is 10.6. The number of aldehydes is 1. The van der Waals surface area contributed by atoms with E-state index in [1.807, 2.05) is 6.08 Å². The van der Waals surface area contributed by atoms with Gasteiger partial charge in [0.25, 0.3) is 0 Å². The summed E-state index contributed by atoms with van der Waals surface area (Å²) in [6, 6.07) is 0. The van der Waals surface area contributed by atoms with Gasteiger partial charge in [0, 0.05) is 6.42 Å². The lowest BCUT2D eigenvalue weighted by atomic mass is 9.67. The number of rotatable bonds is 8. The Balaban J connectivity index is 1.96. The summed E-state index contributed by atoms with van der Waals surface area (Å²) in [6.45, 7) is 7.09. The van der Waals surface area contributed by atoms with Gasteiger partial charge in [-0.25, -0.2) is 0 Å². The molecule has 0 amide bonds. The lowest BCUT2D eigenvalue weighted by Gasteiger charge is -2.38. The van der Waals surface area contributed by atoms with Gasteiger partial charge in [-0.2, -0.15) is 0 Å². The maximum Gasteiger partial charge on any atom is 0.119 e. The first kappa shape index (κ1) is 16.7. The summed E-state index contributed by atoms with van der Waals surface area (Å²) in [6.07, 6.45) is 12.9. The van der Waals surface area contributed by atoms with E-state index in [4.69, 9.17) is 0 Å². The molecule has 21 heavy (non-hydrogen) atoms. The van der Waals surface area contributed by atoms with Gasteiger partial charge in [-0.15, -0.1) is 0 Å². The molecule has 5 atom stereocenters. The van der Waals surface area contributed by atoms with Crippen molar-refractivity contribution in [2.45, 2.75) is 71.8 Å². The highest BCUT2D eigenvalue weighted by Gasteiger charge is 2.45. The molecule has 0 aromatic carbocycles. The van der Waals surface area contributed by atoms with Crippen LogP contribution in [0.3, 0.4) is 0 Å². The normalized spacial score (nSPS) is 36.0. The van der Waals surface area contributed by atoms with Gasteiger partial charge in [-0.05, 0) is 67.6 Å². The molecule has 0 aromatic rings. The van der Waals surface area contributed by atoms with Crippen molar-refractivity contribution in [1.82, 2.24) is 0 Å². The fourth-order valence-corrected chi connectivity index (χ4v) is 4.33. The van der Waals surface area contributed by atoms with Crippen LogP contribution in [-0.2, 0) is 4.79 Å². The summed E-state index contributed by atoms with van der Waals surface area (Å²) in [5, 5.41) is 10.0. The van der Waals surface area contributed by atoms with Crippen LogP contribution in [0.4, 0.5) is 0 Å². The van der Waals surface area contributed by atoms with Crippen molar-refractivity contribution in [2.75, 3.05) is 0 Å². The van der Waals surface area contributed by atoms with Crippen LogP contribution in [0.1, 0.15) is 65.7 Å². The molecule has 0 aliphatic heterocycles. The molecule has 0 saturated heterocycles. The highest BCUT2D eigenvalue weighted by atomic mass is 16.3. The Hall–Kier alpha value is -0.630. The van der Waals surface area contributed by atoms with Crippen LogP contribution in [0.5, 0.6) is 0 Å². The van der Waals surface area contributed by atoms with Crippen LogP contribution >= 0.6 is 0 Å². The average Bonchev–Trinajstić information content (AvgIpc) is 3.25. The van der Waals surface area contributed by atoms with Gasteiger partial charge < -0.3 is 9.90 Å². The van der Waals surface area contributed by atoms with Crippen LogP contribution in [0.25, 0.3) is 0 Å². The van der Waals surface area contributed by atoms with Gasteiger partial charge in [0.15, 0.2) is 0 Å². The quantitative estimate of drug-likeness (QED) is 0.410. The predicted molar refractivity (Wildman–Crippen MR) is 86.9 cm³/mol. The Bertz CT molecular complexity index is 372. The van der Waals surface area contributed by atoms with Gasteiger partial charge in [-0.1, -0.05) is 32.9 Å². The number of allylic oxidation sites excluding steroid dienone is 1. The van der Waals surface area contributed by atoms with E-state index >= 15 is 0 Å². The highest BCUT2D eigenvalue weighted by Crippen LogP contribution is 2.53. The zero-order chi connectivity index (χ0) is 15.5. The van der Waals surface area contributed by atoms with E-state index in [1.54, 1.807) is 0 Å². The summed E-state index contributed by atoms with van der Waals surface area (Å²) >= 11 is 0. The van der Waals surface area contributed by atoms with Gasteiger partial charge in [0.1, 0.15) is 6.29 Å². The summed E-state index contributed by atoms with van der Waals surface area (Å²) in [7, 11) is 0. The largest absolute Gasteiger partial charge is 0.389 e. The first-order chi connectivity index (χ1) is 9.99. The fourth-order valence-electron chi connectivity index (χ4n) is 4.33. The molecule has 2 rings (SSSR count). The molecule has 2 fully saturated rings. The van der Waals surface area contributed by atoms with Crippen molar-refractivity contribution in [2.24, 2.45) is 29.1 Å². The second-order valence-corrected chi connectivity index (χ2v) is 7.72. The molecule has 2 aliphatic carbocycles. The van der Waals surface area contributed by atoms with Crippen molar-refractivity contribution < 1.29 is 9.90 Å². The molecule has 2 saturated carbocycles. The van der Waals surface area contributed by atoms with Crippen LogP contribution in [0, 0.1) is 29.1 Å². The number of hydrogen-bond donors (Lipinski definition) is 1. The second kappa shape index (κ2) is 7.09. The van der Waals surface area contributed by atoms with E-state index in [0.29, 0.717) is 29.6 Å². The Morgan fingerprint density at radius 1 is 1.24 bits per heavy atom. The Morgan fingerprint density at radius 2 is 1.95 bits per heavy atom. The van der Waals surface area contributed by atoms with Crippen LogP contribution in [0.2, 0.25) is 0 Å². The maximum absolute atomic E-state index is 10.6. The molecule has 2 nitrogen and oxygen atoms in total. The zero-order valence-corrected chi connectivity index (χ0v) is 13.9. The minimum Gasteiger partial charge on any atom is -0.389 e. The van der Waals surface area contributed by atoms with Gasteiger partial charge in [0.2, 0.25) is 0 Å². The van der Waals surface area contributed by atoms with E-state index in [1.165, 1.54) is 25.7 Å². The lowest BCUT2D eigenvalue weighted by molar-refractivity contribution is -0.108. The highest BCUT2D eigenvalue weighted by molar-refractivity contribution is 5.49. The molecule has 2 aliphatic rings. The molecule has 1 unspecified atom stereocenters. The Morgan fingerprint density at radius 3 is 2.57 bits per heavy atom. The molecular formula is C19H32O2. The first-order valence-corrected chi connectivity index (χ1v) is 8.79. The Kier molecular flexibility index (Phi) is 5.65. The standard InChI is InChI=1S/C19H32O2/c1-14(6-11-18(21)16-8-9-16)17-10-7-15(2)19(17,3)12-4-5-13-20/h6,11,13-18,21H,4-5,7-10,12H2,1-3H3/b11-6+/t14-,15-,17?,18-,19+/m1/s1. The summed E-state index contributed by atoms with van der Waals surface area (Å²) in [5.41, 5.74) is 0.345. The number of aliphatic hydroxyl groups is 1. The summed E-state index contributed by atoms with van der Waals surface area (Å²) in [5.74, 6) is 2.46. The van der Waals surface area contributed by atoms with Crippen molar-refractivity contribution in [1.29, 1.82) is 0 Å². The second-order valence-electron chi connectivity index (χ2n) is 7.72. The van der Waals surface area contributed by atoms with Gasteiger partial charge in [-0.3, -0.25) is 0 Å². The van der Waals surface area contributed by atoms with E-state index in [2.05, 4.69) is 26.8 Å². The third-order valence-corrected chi connectivity index (χ3v) is 6.27. The van der Waals surface area contributed by atoms with Crippen molar-refractivity contribution in [3.63, 3.8) is 0 Å². The summed E-state index contributed by atoms with van der Waals surface area (Å²) < 4.78 is 0. The molecule has 2 heteroatoms. The van der Waals surface area contributed by atoms with Crippen molar-refractivity contribution in [3.05, 3.63) is 12.2 Å². The minimum absolute atomic E-state index is 0.229. The average molecular weight is 292 g/mol. The van der Waals surface area contributed by atoms with E-state index in [-0.39, 0.29) is 6.10 Å². The predicted octanol–water partition coefficient (Wildman–Crippen LogP) is 4.37. The molecular weight excluding hydrogens is 260 g/mol. The molecule has 0 aromatic heterocycles. The molecule has 0 heterocycles. The van der Waals surface area contributed by atoms with E-state index < -0.39 is 0 Å². The number of aliphatic hydroxyl groups excluding tert-OH is 1. The number of hydrogen-bond acceptors (Lipinski definition) is 2. The molecule has 0 bridgehead atoms. The first-order valence-electron chi connectivity index (χ1n) is 8.79. The topological polar surface area (TPSA) is 37.3 Å². The third kappa shape index (κ3) is 3.97. The van der Waals surface area contributed by atoms with E-state index in [0.717, 1.165) is 25.0 Å². The molecule has 0 spiro atoms. The maximum atomic E-state index is 10.6. The number of carbonyl (C=O) groups is 1. The van der Waals surface area contributed by atoms with Crippen LogP contribution < -0.4 is 0 Å². The molecule has 0 radical (unpaired) electrons. The van der Waals surface area contributed by atoms with Gasteiger partial charge in [0.05, 0.1) is 6.10 Å². The lowest BCUT2D eigenvalue weighted by Crippen LogP contribution is -2.31. The SMILES string of the molecule is C[C@H](/C=C/[C@@H](O)C1CC1)C1CC[C@@H](C)[C@]1(C)CCCC=O. The third-order valence-electron chi connectivity index (χ3n) is 6.27. The van der Waals surface area contributed by atoms with Crippen molar-refractivity contribution >= 4 is 6.29 Å². The van der Waals surface area contributed by atoms with Crippen LogP contribution in [0.15, 0.2) is 12.2 Å². The number of carbonyl (C=O) groups excluding carboxylic acids is 1. The van der Waals surface area contributed by atoms with Crippen molar-refractivity contribution in [3.8, 4) is 0 Å². The Labute approximate surface area is 130 Å². The molecule has 120 valence electrons. The monoisotopic (exact) mass is 292 g/mol. The zero-order valence-electron chi connectivity index (χ0n) is 13.9. The molecule has 1 N–H and O–H groups in total. The minimum atomic E-state index is -0.229. The smallest absolute Gasteiger partial charge is 0.119 e. The number of unbranched alkanes of at least 4 members (excludes halogenated alkanes) is 1. The van der Waals surface area contributed by atoms with E-state index in [9.17, 15) is 9.90 Å². The fraction of sp³-hybridized carbons (Fsp3) is 0.842.